The molecular formula is C21H21N3O3S. The second-order valence-electron chi connectivity index (χ2n) is 7.22. The van der Waals surface area contributed by atoms with Crippen LogP contribution in [0.15, 0.2) is 36.5 Å². The van der Waals surface area contributed by atoms with Crippen molar-refractivity contribution in [1.29, 1.82) is 0 Å². The number of rotatable bonds is 4. The number of ketones is 1. The van der Waals surface area contributed by atoms with Gasteiger partial charge in [-0.2, -0.15) is 0 Å². The molecule has 1 saturated carbocycles. The van der Waals surface area contributed by atoms with Crippen LogP contribution in [0.5, 0.6) is 5.75 Å². The Hall–Kier alpha value is -2.80. The number of nitrogens with one attached hydrogen (secondary N) is 1. The zero-order valence-corrected chi connectivity index (χ0v) is 16.3. The molecule has 2 heterocycles. The zero-order chi connectivity index (χ0) is 19.7. The number of nitrogens with zero attached hydrogens (tertiary/aromatic N) is 2. The van der Waals surface area contributed by atoms with Crippen LogP contribution in [0.1, 0.15) is 54.0 Å². The minimum Gasteiger partial charge on any atom is -0.506 e. The van der Waals surface area contributed by atoms with Crippen molar-refractivity contribution in [2.45, 2.75) is 38.5 Å². The van der Waals surface area contributed by atoms with Crippen molar-refractivity contribution in [2.75, 3.05) is 5.32 Å². The van der Waals surface area contributed by atoms with Gasteiger partial charge in [0.15, 0.2) is 0 Å². The molecule has 28 heavy (non-hydrogen) atoms. The quantitative estimate of drug-likeness (QED) is 0.634. The highest BCUT2D eigenvalue weighted by molar-refractivity contribution is 7.18. The highest BCUT2D eigenvalue weighted by atomic mass is 32.1. The van der Waals surface area contributed by atoms with Crippen LogP contribution in [0.3, 0.4) is 0 Å². The second-order valence-corrected chi connectivity index (χ2v) is 8.28. The van der Waals surface area contributed by atoms with Crippen molar-refractivity contribution in [1.82, 2.24) is 9.97 Å². The number of pyridine rings is 1. The summed E-state index contributed by atoms with van der Waals surface area (Å²) in [6, 6.07) is 8.44. The molecule has 0 atom stereocenters. The normalized spacial score (nSPS) is 19.5. The Kier molecular flexibility index (Phi) is 5.09. The fraction of sp³-hybridized carbons (Fsp3) is 0.333. The van der Waals surface area contributed by atoms with Gasteiger partial charge in [-0.1, -0.05) is 6.07 Å². The number of anilines is 1. The first-order valence-electron chi connectivity index (χ1n) is 9.37. The van der Waals surface area contributed by atoms with Gasteiger partial charge in [-0.05, 0) is 50.8 Å². The number of carbonyl (C=O) groups excluding carboxylic acids is 2. The fourth-order valence-corrected chi connectivity index (χ4v) is 4.84. The van der Waals surface area contributed by atoms with Crippen LogP contribution in [0.2, 0.25) is 0 Å². The van der Waals surface area contributed by atoms with Gasteiger partial charge in [-0.25, -0.2) is 4.98 Å². The Balaban J connectivity index is 1.54. The van der Waals surface area contributed by atoms with Crippen LogP contribution in [0, 0.1) is 5.92 Å². The lowest BCUT2D eigenvalue weighted by Gasteiger charge is -2.25. The maximum atomic E-state index is 12.3. The van der Waals surface area contributed by atoms with Gasteiger partial charge in [0, 0.05) is 24.1 Å². The number of Topliss-reactive ketones (excluding diaryl/α,β-unsaturated/α-hetero) is 1. The van der Waals surface area contributed by atoms with Crippen molar-refractivity contribution in [2.24, 2.45) is 5.92 Å². The van der Waals surface area contributed by atoms with Gasteiger partial charge in [-0.15, -0.1) is 11.3 Å². The van der Waals surface area contributed by atoms with Crippen LogP contribution < -0.4 is 5.32 Å². The predicted molar refractivity (Wildman–Crippen MR) is 109 cm³/mol. The molecular weight excluding hydrogens is 374 g/mol. The summed E-state index contributed by atoms with van der Waals surface area (Å²) in [7, 11) is 0. The third-order valence-corrected chi connectivity index (χ3v) is 6.50. The Morgan fingerprint density at radius 1 is 1.18 bits per heavy atom. The number of hydrogen-bond acceptors (Lipinski definition) is 6. The summed E-state index contributed by atoms with van der Waals surface area (Å²) in [6.07, 6.45) is 5.28. The lowest BCUT2D eigenvalue weighted by molar-refractivity contribution is -0.121. The van der Waals surface area contributed by atoms with Gasteiger partial charge in [0.05, 0.1) is 20.9 Å². The monoisotopic (exact) mass is 395 g/mol. The molecule has 0 bridgehead atoms. The van der Waals surface area contributed by atoms with Crippen molar-refractivity contribution in [3.05, 3.63) is 47.2 Å². The molecule has 0 saturated heterocycles. The van der Waals surface area contributed by atoms with Crippen LogP contribution in [-0.2, 0) is 4.79 Å². The molecule has 0 unspecified atom stereocenters. The fourth-order valence-electron chi connectivity index (χ4n) is 3.69. The zero-order valence-electron chi connectivity index (χ0n) is 15.5. The Bertz CT molecular complexity index is 1020. The van der Waals surface area contributed by atoms with Gasteiger partial charge in [0.25, 0.3) is 5.91 Å². The highest BCUT2D eigenvalue weighted by Crippen LogP contribution is 2.41. The van der Waals surface area contributed by atoms with E-state index in [1.54, 1.807) is 54.8 Å². The summed E-state index contributed by atoms with van der Waals surface area (Å²) in [6.45, 7) is 1.67. The van der Waals surface area contributed by atoms with E-state index < -0.39 is 0 Å². The molecule has 0 aliphatic heterocycles. The van der Waals surface area contributed by atoms with Gasteiger partial charge in [0.1, 0.15) is 17.2 Å². The van der Waals surface area contributed by atoms with Crippen molar-refractivity contribution in [3.8, 4) is 5.75 Å². The van der Waals surface area contributed by atoms with E-state index in [-0.39, 0.29) is 29.1 Å². The summed E-state index contributed by atoms with van der Waals surface area (Å²) in [5, 5.41) is 14.1. The first-order chi connectivity index (χ1) is 13.5. The van der Waals surface area contributed by atoms with E-state index in [0.29, 0.717) is 11.6 Å². The molecule has 3 aromatic rings. The van der Waals surface area contributed by atoms with E-state index in [4.69, 9.17) is 4.98 Å². The number of fused-ring (bicyclic) bond motifs is 1. The molecule has 1 aliphatic rings. The Labute approximate surface area is 166 Å². The molecule has 4 rings (SSSR count). The summed E-state index contributed by atoms with van der Waals surface area (Å²) in [5.74, 6) is 0.419. The van der Waals surface area contributed by atoms with E-state index in [1.807, 2.05) is 0 Å². The SMILES string of the molecule is CC(=O)[C@H]1CC[C@H](c2nc3cc(O)c(NC(=O)c4ccccn4)cc3s2)CC1. The standard InChI is InChI=1S/C21H21N3O3S/c1-12(25)13-5-7-14(8-6-13)21-24-17-10-18(26)16(11-19(17)28-21)23-20(27)15-4-2-3-9-22-15/h2-4,9-11,13-14,26H,5-8H2,1H3,(H,23,27)/t13-,14-. The summed E-state index contributed by atoms with van der Waals surface area (Å²) >= 11 is 1.59. The van der Waals surface area contributed by atoms with Crippen LogP contribution in [-0.4, -0.2) is 26.8 Å². The smallest absolute Gasteiger partial charge is 0.274 e. The first kappa shape index (κ1) is 18.6. The van der Waals surface area contributed by atoms with Crippen LogP contribution in [0.25, 0.3) is 10.2 Å². The minimum atomic E-state index is -0.373. The number of phenols is 1. The lowest BCUT2D eigenvalue weighted by Crippen LogP contribution is -2.18. The number of carbonyl (C=O) groups is 2. The maximum absolute atomic E-state index is 12.3. The third-order valence-electron chi connectivity index (χ3n) is 5.32. The first-order valence-corrected chi connectivity index (χ1v) is 10.2. The molecule has 6 nitrogen and oxygen atoms in total. The summed E-state index contributed by atoms with van der Waals surface area (Å²) in [5.41, 5.74) is 1.36. The number of benzene rings is 1. The molecule has 2 N–H and O–H groups in total. The largest absolute Gasteiger partial charge is 0.506 e. The van der Waals surface area contributed by atoms with E-state index in [9.17, 15) is 14.7 Å². The van der Waals surface area contributed by atoms with Gasteiger partial charge >= 0.3 is 0 Å². The second kappa shape index (κ2) is 7.67. The molecule has 144 valence electrons. The molecule has 0 radical (unpaired) electrons. The molecule has 1 amide bonds. The maximum Gasteiger partial charge on any atom is 0.274 e. The number of hydrogen-bond donors (Lipinski definition) is 2. The van der Waals surface area contributed by atoms with Crippen molar-refractivity contribution < 1.29 is 14.7 Å². The van der Waals surface area contributed by atoms with E-state index in [2.05, 4.69) is 10.3 Å². The average molecular weight is 395 g/mol. The minimum absolute atomic E-state index is 0.0195. The van der Waals surface area contributed by atoms with Gasteiger partial charge in [0.2, 0.25) is 0 Å². The van der Waals surface area contributed by atoms with Crippen molar-refractivity contribution >= 4 is 38.9 Å². The molecule has 2 aromatic heterocycles. The predicted octanol–water partition coefficient (Wildman–Crippen LogP) is 4.51. The number of aromatic nitrogens is 2. The summed E-state index contributed by atoms with van der Waals surface area (Å²) in [4.78, 5) is 32.6. The summed E-state index contributed by atoms with van der Waals surface area (Å²) < 4.78 is 0.915. The average Bonchev–Trinajstić information content (AvgIpc) is 3.11. The molecule has 1 fully saturated rings. The number of aromatic hydroxyl groups is 1. The number of phenolic OH excluding ortho intramolecular Hbond substituents is 1. The number of amides is 1. The highest BCUT2D eigenvalue weighted by Gasteiger charge is 2.27. The van der Waals surface area contributed by atoms with E-state index in [0.717, 1.165) is 40.9 Å². The van der Waals surface area contributed by atoms with E-state index in [1.165, 1.54) is 0 Å². The number of thiazole rings is 1. The topological polar surface area (TPSA) is 92.2 Å². The van der Waals surface area contributed by atoms with Gasteiger partial charge in [-0.3, -0.25) is 14.6 Å². The lowest BCUT2D eigenvalue weighted by atomic mass is 9.80. The van der Waals surface area contributed by atoms with E-state index >= 15 is 0 Å². The Morgan fingerprint density at radius 3 is 2.64 bits per heavy atom. The van der Waals surface area contributed by atoms with Crippen LogP contribution >= 0.6 is 11.3 Å². The Morgan fingerprint density at radius 2 is 1.96 bits per heavy atom. The third kappa shape index (κ3) is 3.75. The molecule has 7 heteroatoms. The van der Waals surface area contributed by atoms with Crippen LogP contribution in [0.4, 0.5) is 5.69 Å². The molecule has 1 aliphatic carbocycles. The van der Waals surface area contributed by atoms with Gasteiger partial charge < -0.3 is 10.4 Å². The van der Waals surface area contributed by atoms with Crippen molar-refractivity contribution in [3.63, 3.8) is 0 Å². The molecule has 0 spiro atoms. The molecule has 1 aromatic carbocycles.